The number of amides is 3. The Morgan fingerprint density at radius 2 is 1.63 bits per heavy atom. The zero-order chi connectivity index (χ0) is 30.1. The van der Waals surface area contributed by atoms with Gasteiger partial charge in [0.1, 0.15) is 6.04 Å². The molecule has 8 heteroatoms. The third kappa shape index (κ3) is 5.22. The summed E-state index contributed by atoms with van der Waals surface area (Å²) in [7, 11) is 0. The molecule has 0 saturated carbocycles. The summed E-state index contributed by atoms with van der Waals surface area (Å²) < 4.78 is -0.899. The molecular weight excluding hydrogens is 558 g/mol. The first kappa shape index (κ1) is 29.7. The summed E-state index contributed by atoms with van der Waals surface area (Å²) in [5.41, 5.74) is 2.02. The second kappa shape index (κ2) is 12.3. The molecule has 1 spiro atoms. The summed E-state index contributed by atoms with van der Waals surface area (Å²) in [6.07, 6.45) is 10.4. The fourth-order valence-electron chi connectivity index (χ4n) is 7.59. The Hall–Kier alpha value is -3.36. The summed E-state index contributed by atoms with van der Waals surface area (Å²) in [5, 5.41) is 10.5. The lowest BCUT2D eigenvalue weighted by molar-refractivity contribution is -0.147. The van der Waals surface area contributed by atoms with Crippen LogP contribution in [0, 0.1) is 11.8 Å². The molecular formula is C35H41N3O4S. The zero-order valence-corrected chi connectivity index (χ0v) is 25.7. The largest absolute Gasteiger partial charge is 0.394 e. The molecule has 1 N–H and O–H groups in total. The van der Waals surface area contributed by atoms with E-state index in [1.165, 1.54) is 0 Å². The molecule has 4 heterocycles. The van der Waals surface area contributed by atoms with Crippen molar-refractivity contribution >= 4 is 29.5 Å². The molecule has 0 bridgehead atoms. The molecule has 2 saturated heterocycles. The van der Waals surface area contributed by atoms with E-state index in [0.717, 1.165) is 24.0 Å². The van der Waals surface area contributed by atoms with Gasteiger partial charge >= 0.3 is 0 Å². The summed E-state index contributed by atoms with van der Waals surface area (Å²) in [6, 6.07) is 18.3. The highest BCUT2D eigenvalue weighted by Gasteiger charge is 2.71. The standard InChI is InChI=1S/C35H41N3O4S/c1-3-12-24(2)37-20-11-18-35-30(29-28(43-35)17-10-19-36(32(29)40)22-26-15-8-5-9-16-26)33(41)38(31(35)34(37)42)27(23-39)21-25-13-6-4-7-14-25/h4-11,13-18,24,27-31,39H,3,12,19-23H2,1-2H3/t24?,27-,28+,29-,30+,31?,35+/m1/s1. The van der Waals surface area contributed by atoms with Gasteiger partial charge in [-0.15, -0.1) is 11.8 Å². The van der Waals surface area contributed by atoms with Crippen LogP contribution in [0.5, 0.6) is 0 Å². The van der Waals surface area contributed by atoms with Gasteiger partial charge in [0.25, 0.3) is 0 Å². The molecule has 3 amide bonds. The average Bonchev–Trinajstić information content (AvgIpc) is 3.34. The van der Waals surface area contributed by atoms with Crippen molar-refractivity contribution < 1.29 is 19.5 Å². The van der Waals surface area contributed by atoms with Crippen LogP contribution in [0.25, 0.3) is 0 Å². The van der Waals surface area contributed by atoms with Gasteiger partial charge in [-0.3, -0.25) is 14.4 Å². The van der Waals surface area contributed by atoms with E-state index in [0.29, 0.717) is 26.1 Å². The molecule has 6 rings (SSSR count). The maximum absolute atomic E-state index is 14.8. The molecule has 226 valence electrons. The van der Waals surface area contributed by atoms with Crippen LogP contribution in [-0.4, -0.2) is 85.3 Å². The molecule has 0 aromatic heterocycles. The fourth-order valence-corrected chi connectivity index (χ4v) is 9.59. The van der Waals surface area contributed by atoms with Gasteiger partial charge in [-0.1, -0.05) is 98.3 Å². The van der Waals surface area contributed by atoms with Crippen molar-refractivity contribution in [3.05, 3.63) is 96.1 Å². The summed E-state index contributed by atoms with van der Waals surface area (Å²) >= 11 is 1.60. The quantitative estimate of drug-likeness (QED) is 0.440. The Balaban J connectivity index is 1.42. The Labute approximate surface area is 258 Å². The number of rotatable bonds is 9. The normalized spacial score (nSPS) is 29.7. The monoisotopic (exact) mass is 599 g/mol. The van der Waals surface area contributed by atoms with Gasteiger partial charge in [0, 0.05) is 30.9 Å². The van der Waals surface area contributed by atoms with E-state index in [1.54, 1.807) is 16.7 Å². The molecule has 7 nitrogen and oxygen atoms in total. The van der Waals surface area contributed by atoms with Gasteiger partial charge in [0.05, 0.1) is 29.2 Å². The van der Waals surface area contributed by atoms with Crippen LogP contribution in [0.15, 0.2) is 85.0 Å². The van der Waals surface area contributed by atoms with Gasteiger partial charge in [-0.2, -0.15) is 0 Å². The molecule has 2 aromatic carbocycles. The van der Waals surface area contributed by atoms with Crippen molar-refractivity contribution in [1.82, 2.24) is 14.7 Å². The first-order valence-corrected chi connectivity index (χ1v) is 16.4. The number of benzene rings is 2. The van der Waals surface area contributed by atoms with Crippen LogP contribution < -0.4 is 0 Å². The van der Waals surface area contributed by atoms with E-state index in [4.69, 9.17) is 0 Å². The van der Waals surface area contributed by atoms with Crippen LogP contribution in [0.4, 0.5) is 0 Å². The fraction of sp³-hybridized carbons (Fsp3) is 0.457. The van der Waals surface area contributed by atoms with Crippen molar-refractivity contribution in [3.8, 4) is 0 Å². The average molecular weight is 600 g/mol. The van der Waals surface area contributed by atoms with Crippen LogP contribution >= 0.6 is 11.8 Å². The second-order valence-electron chi connectivity index (χ2n) is 12.3. The number of fused-ring (bicyclic) bond motifs is 2. The minimum Gasteiger partial charge on any atom is -0.394 e. The van der Waals surface area contributed by atoms with Crippen molar-refractivity contribution in [1.29, 1.82) is 0 Å². The number of carbonyl (C=O) groups is 3. The van der Waals surface area contributed by atoms with Crippen molar-refractivity contribution in [3.63, 3.8) is 0 Å². The molecule has 2 fully saturated rings. The molecule has 43 heavy (non-hydrogen) atoms. The third-order valence-corrected chi connectivity index (χ3v) is 11.3. The van der Waals surface area contributed by atoms with Gasteiger partial charge in [0.2, 0.25) is 17.7 Å². The first-order chi connectivity index (χ1) is 20.9. The molecule has 0 aliphatic carbocycles. The lowest BCUT2D eigenvalue weighted by Crippen LogP contribution is -2.58. The Kier molecular flexibility index (Phi) is 8.51. The van der Waals surface area contributed by atoms with Gasteiger partial charge in [0.15, 0.2) is 0 Å². The number of nitrogens with zero attached hydrogens (tertiary/aromatic N) is 3. The van der Waals surface area contributed by atoms with Gasteiger partial charge in [-0.25, -0.2) is 0 Å². The number of aliphatic hydroxyl groups is 1. The topological polar surface area (TPSA) is 81.2 Å². The summed E-state index contributed by atoms with van der Waals surface area (Å²) in [5.74, 6) is -1.64. The molecule has 4 aliphatic heterocycles. The number of thioether (sulfide) groups is 1. The van der Waals surface area contributed by atoms with Gasteiger partial charge < -0.3 is 19.8 Å². The van der Waals surface area contributed by atoms with Crippen molar-refractivity contribution in [2.75, 3.05) is 19.7 Å². The number of hydrogen-bond donors (Lipinski definition) is 1. The number of hydrogen-bond acceptors (Lipinski definition) is 5. The van der Waals surface area contributed by atoms with E-state index in [2.05, 4.69) is 26.0 Å². The molecule has 7 atom stereocenters. The third-order valence-electron chi connectivity index (χ3n) is 9.58. The predicted molar refractivity (Wildman–Crippen MR) is 169 cm³/mol. The Bertz CT molecular complexity index is 1400. The minimum absolute atomic E-state index is 0.00905. The number of carbonyl (C=O) groups excluding carboxylic acids is 3. The van der Waals surface area contributed by atoms with E-state index in [1.807, 2.05) is 82.6 Å². The zero-order valence-electron chi connectivity index (χ0n) is 24.9. The first-order valence-electron chi connectivity index (χ1n) is 15.5. The van der Waals surface area contributed by atoms with Crippen LogP contribution in [0.3, 0.4) is 0 Å². The SMILES string of the molecule is CCCC(C)N1CC=C[C@]23S[C@H]4C=CCN(Cc5ccccc5)C(=O)[C@H]4[C@H]2C(=O)N([C@@H](CO)Cc2ccccc2)C3C1=O. The smallest absolute Gasteiger partial charge is 0.247 e. The molecule has 0 radical (unpaired) electrons. The van der Waals surface area contributed by atoms with E-state index in [9.17, 15) is 19.5 Å². The maximum Gasteiger partial charge on any atom is 0.247 e. The highest BCUT2D eigenvalue weighted by molar-refractivity contribution is 8.02. The lowest BCUT2D eigenvalue weighted by atomic mass is 9.78. The molecule has 4 aliphatic rings. The highest BCUT2D eigenvalue weighted by atomic mass is 32.2. The van der Waals surface area contributed by atoms with E-state index in [-0.39, 0.29) is 35.6 Å². The highest BCUT2D eigenvalue weighted by Crippen LogP contribution is 2.61. The number of likely N-dealkylation sites (tertiary alicyclic amines) is 1. The predicted octanol–water partition coefficient (Wildman–Crippen LogP) is 4.07. The maximum atomic E-state index is 14.8. The van der Waals surface area contributed by atoms with Crippen molar-refractivity contribution in [2.24, 2.45) is 11.8 Å². The van der Waals surface area contributed by atoms with Crippen molar-refractivity contribution in [2.45, 2.75) is 67.8 Å². The number of aliphatic hydroxyl groups excluding tert-OH is 1. The molecule has 2 unspecified atom stereocenters. The lowest BCUT2D eigenvalue weighted by Gasteiger charge is -2.40. The Morgan fingerprint density at radius 1 is 0.930 bits per heavy atom. The Morgan fingerprint density at radius 3 is 2.30 bits per heavy atom. The van der Waals surface area contributed by atoms with Gasteiger partial charge in [-0.05, 0) is 30.9 Å². The van der Waals surface area contributed by atoms with E-state index >= 15 is 0 Å². The molecule has 2 aromatic rings. The second-order valence-corrected chi connectivity index (χ2v) is 13.8. The minimum atomic E-state index is -0.899. The summed E-state index contributed by atoms with van der Waals surface area (Å²) in [4.78, 5) is 49.2. The van der Waals surface area contributed by atoms with Crippen LogP contribution in [0.1, 0.15) is 37.8 Å². The van der Waals surface area contributed by atoms with Crippen LogP contribution in [-0.2, 0) is 27.3 Å². The summed E-state index contributed by atoms with van der Waals surface area (Å²) in [6.45, 7) is 5.32. The van der Waals surface area contributed by atoms with E-state index < -0.39 is 28.7 Å². The van der Waals surface area contributed by atoms with Crippen LogP contribution in [0.2, 0.25) is 0 Å².